The van der Waals surface area contributed by atoms with Gasteiger partial charge in [-0.05, 0) is 32.1 Å². The Bertz CT molecular complexity index is 1080. The average Bonchev–Trinajstić information content (AvgIpc) is 3.24. The lowest BCUT2D eigenvalue weighted by molar-refractivity contribution is -0.870. The van der Waals surface area contributed by atoms with E-state index >= 15 is 0 Å². The first kappa shape index (κ1) is 62.0. The van der Waals surface area contributed by atoms with Crippen molar-refractivity contribution < 1.29 is 32.9 Å². The van der Waals surface area contributed by atoms with Crippen LogP contribution in [0.4, 0.5) is 0 Å². The van der Waals surface area contributed by atoms with Crippen LogP contribution in [0.15, 0.2) is 24.3 Å². The molecule has 0 aromatic carbocycles. The van der Waals surface area contributed by atoms with Crippen molar-refractivity contribution in [2.75, 3.05) is 40.9 Å². The second-order valence-electron chi connectivity index (χ2n) is 19.9. The van der Waals surface area contributed by atoms with Gasteiger partial charge in [-0.3, -0.25) is 9.36 Å². The van der Waals surface area contributed by atoms with Gasteiger partial charge in [0.1, 0.15) is 13.2 Å². The van der Waals surface area contributed by atoms with E-state index in [2.05, 4.69) is 31.3 Å². The average molecular weight is 911 g/mol. The highest BCUT2D eigenvalue weighted by atomic mass is 31.2. The Morgan fingerprint density at radius 1 is 0.540 bits per heavy atom. The summed E-state index contributed by atoms with van der Waals surface area (Å²) < 4.78 is 23.2. The summed E-state index contributed by atoms with van der Waals surface area (Å²) in [4.78, 5) is 25.3. The van der Waals surface area contributed by atoms with E-state index in [4.69, 9.17) is 9.05 Å². The van der Waals surface area contributed by atoms with Crippen molar-refractivity contribution in [1.29, 1.82) is 0 Å². The molecule has 3 unspecified atom stereocenters. The maximum Gasteiger partial charge on any atom is 0.268 e. The van der Waals surface area contributed by atoms with Crippen LogP contribution in [0.1, 0.15) is 264 Å². The van der Waals surface area contributed by atoms with Crippen molar-refractivity contribution in [2.24, 2.45) is 0 Å². The minimum Gasteiger partial charge on any atom is -0.756 e. The summed E-state index contributed by atoms with van der Waals surface area (Å²) in [6.07, 6.45) is 57.2. The standard InChI is InChI=1S/C54H107N2O6P/c1-6-8-10-12-14-16-17-18-19-20-21-22-23-24-25-26-27-28-29-30-31-32-33-34-35-36-37-38-40-42-44-46-48-54(58)55-52(51-62-63(59,60)61-50-49-56(3,4)5)53(57)47-45-43-41-39-15-13-11-9-7-2/h15,39,45,47,52-53,57H,6-14,16-38,40-44,46,48-51H2,1-5H3,(H-,55,58,59,60)/b39-15+,47-45+. The largest absolute Gasteiger partial charge is 0.756 e. The summed E-state index contributed by atoms with van der Waals surface area (Å²) in [6.45, 7) is 4.59. The van der Waals surface area contributed by atoms with Gasteiger partial charge in [0.25, 0.3) is 7.82 Å². The minimum absolute atomic E-state index is 0.00453. The molecule has 63 heavy (non-hydrogen) atoms. The van der Waals surface area contributed by atoms with E-state index in [-0.39, 0.29) is 19.1 Å². The number of hydrogen-bond donors (Lipinski definition) is 2. The maximum atomic E-state index is 12.9. The molecule has 0 aliphatic heterocycles. The van der Waals surface area contributed by atoms with Crippen LogP contribution >= 0.6 is 7.82 Å². The Hall–Kier alpha value is -1.02. The van der Waals surface area contributed by atoms with E-state index in [0.29, 0.717) is 17.4 Å². The summed E-state index contributed by atoms with van der Waals surface area (Å²) in [5.74, 6) is -0.205. The number of allylic oxidation sites excluding steroid dienone is 3. The Labute approximate surface area is 392 Å². The summed E-state index contributed by atoms with van der Waals surface area (Å²) >= 11 is 0. The van der Waals surface area contributed by atoms with Gasteiger partial charge in [0, 0.05) is 6.42 Å². The molecule has 0 aliphatic rings. The van der Waals surface area contributed by atoms with Crippen LogP contribution in [0.25, 0.3) is 0 Å². The molecule has 0 fully saturated rings. The predicted molar refractivity (Wildman–Crippen MR) is 270 cm³/mol. The highest BCUT2D eigenvalue weighted by Crippen LogP contribution is 2.38. The second-order valence-corrected chi connectivity index (χ2v) is 21.3. The molecule has 0 aromatic heterocycles. The van der Waals surface area contributed by atoms with Crippen molar-refractivity contribution in [3.63, 3.8) is 0 Å². The first-order chi connectivity index (χ1) is 30.5. The topological polar surface area (TPSA) is 108 Å². The third-order valence-electron chi connectivity index (χ3n) is 12.4. The molecule has 0 spiro atoms. The van der Waals surface area contributed by atoms with Crippen LogP contribution in [0, 0.1) is 0 Å². The molecule has 2 N–H and O–H groups in total. The quantitative estimate of drug-likeness (QED) is 0.0272. The van der Waals surface area contributed by atoms with Crippen LogP contribution < -0.4 is 10.2 Å². The Balaban J connectivity index is 3.90. The van der Waals surface area contributed by atoms with E-state index in [1.807, 2.05) is 27.2 Å². The second kappa shape index (κ2) is 46.1. The molecule has 1 amide bonds. The van der Waals surface area contributed by atoms with Crippen LogP contribution in [-0.2, 0) is 18.4 Å². The number of amides is 1. The van der Waals surface area contributed by atoms with Gasteiger partial charge in [-0.2, -0.15) is 0 Å². The number of hydrogen-bond acceptors (Lipinski definition) is 6. The molecule has 0 aromatic rings. The monoisotopic (exact) mass is 911 g/mol. The number of phosphoric acid groups is 1. The highest BCUT2D eigenvalue weighted by molar-refractivity contribution is 7.45. The fourth-order valence-corrected chi connectivity index (χ4v) is 8.84. The van der Waals surface area contributed by atoms with Gasteiger partial charge in [0.05, 0.1) is 39.9 Å². The molecule has 0 aliphatic carbocycles. The minimum atomic E-state index is -4.59. The lowest BCUT2D eigenvalue weighted by Gasteiger charge is -2.29. The number of rotatable bonds is 50. The third kappa shape index (κ3) is 48.7. The van der Waals surface area contributed by atoms with E-state index < -0.39 is 20.0 Å². The van der Waals surface area contributed by atoms with Crippen LogP contribution in [0.5, 0.6) is 0 Å². The normalized spacial score (nSPS) is 14.2. The number of quaternary nitrogens is 1. The number of nitrogens with one attached hydrogen (secondary N) is 1. The number of phosphoric ester groups is 1. The molecule has 0 heterocycles. The Morgan fingerprint density at radius 3 is 1.29 bits per heavy atom. The van der Waals surface area contributed by atoms with Crippen molar-refractivity contribution in [3.8, 4) is 0 Å². The molecule has 3 atom stereocenters. The van der Waals surface area contributed by atoms with Crippen LogP contribution in [0.2, 0.25) is 0 Å². The van der Waals surface area contributed by atoms with E-state index in [1.54, 1.807) is 6.08 Å². The van der Waals surface area contributed by atoms with Gasteiger partial charge in [-0.25, -0.2) is 0 Å². The Kier molecular flexibility index (Phi) is 45.4. The molecule has 0 rings (SSSR count). The molecule has 0 bridgehead atoms. The summed E-state index contributed by atoms with van der Waals surface area (Å²) in [5.41, 5.74) is 0. The van der Waals surface area contributed by atoms with E-state index in [1.165, 1.54) is 205 Å². The zero-order valence-electron chi connectivity index (χ0n) is 42.5. The molecule has 9 heteroatoms. The van der Waals surface area contributed by atoms with Gasteiger partial charge in [0.15, 0.2) is 0 Å². The van der Waals surface area contributed by atoms with Crippen LogP contribution in [-0.4, -0.2) is 68.5 Å². The summed E-state index contributed by atoms with van der Waals surface area (Å²) in [7, 11) is 1.25. The lowest BCUT2D eigenvalue weighted by Crippen LogP contribution is -2.45. The number of carbonyl (C=O) groups excluding carboxylic acids is 1. The molecule has 0 radical (unpaired) electrons. The number of unbranched alkanes of at least 4 members (excludes halogenated alkanes) is 35. The van der Waals surface area contributed by atoms with Gasteiger partial charge < -0.3 is 28.8 Å². The van der Waals surface area contributed by atoms with Gasteiger partial charge in [-0.1, -0.05) is 250 Å². The molecule has 0 saturated heterocycles. The van der Waals surface area contributed by atoms with Crippen molar-refractivity contribution in [1.82, 2.24) is 5.32 Å². The fraction of sp³-hybridized carbons (Fsp3) is 0.907. The van der Waals surface area contributed by atoms with Gasteiger partial charge in [-0.15, -0.1) is 0 Å². The number of aliphatic hydroxyl groups is 1. The zero-order valence-corrected chi connectivity index (χ0v) is 43.4. The number of likely N-dealkylation sites (N-methyl/N-ethyl adjacent to an activating group) is 1. The Morgan fingerprint density at radius 2 is 0.889 bits per heavy atom. The van der Waals surface area contributed by atoms with Crippen molar-refractivity contribution in [2.45, 2.75) is 276 Å². The number of aliphatic hydroxyl groups excluding tert-OH is 1. The molecule has 0 saturated carbocycles. The zero-order chi connectivity index (χ0) is 46.4. The van der Waals surface area contributed by atoms with Gasteiger partial charge >= 0.3 is 0 Å². The van der Waals surface area contributed by atoms with Crippen molar-refractivity contribution in [3.05, 3.63) is 24.3 Å². The smallest absolute Gasteiger partial charge is 0.268 e. The van der Waals surface area contributed by atoms with Gasteiger partial charge in [0.2, 0.25) is 5.91 Å². The molecule has 374 valence electrons. The lowest BCUT2D eigenvalue weighted by atomic mass is 10.0. The SMILES string of the molecule is CCCCC/C=C/CC/C=C/C(O)C(COP(=O)([O-])OCC[N+](C)(C)C)NC(=O)CCCCCCCCCCCCCCCCCCCCCCCCCCCCCCCCCC. The molecule has 8 nitrogen and oxygen atoms in total. The summed E-state index contributed by atoms with van der Waals surface area (Å²) in [6, 6.07) is -0.897. The highest BCUT2D eigenvalue weighted by Gasteiger charge is 2.23. The van der Waals surface area contributed by atoms with E-state index in [9.17, 15) is 19.4 Å². The maximum absolute atomic E-state index is 12.9. The molecular weight excluding hydrogens is 804 g/mol. The molecular formula is C54H107N2O6P. The predicted octanol–water partition coefficient (Wildman–Crippen LogP) is 15.4. The van der Waals surface area contributed by atoms with Crippen LogP contribution in [0.3, 0.4) is 0 Å². The number of nitrogens with zero attached hydrogens (tertiary/aromatic N) is 1. The van der Waals surface area contributed by atoms with Crippen molar-refractivity contribution >= 4 is 13.7 Å². The number of carbonyl (C=O) groups is 1. The van der Waals surface area contributed by atoms with E-state index in [0.717, 1.165) is 38.5 Å². The third-order valence-corrected chi connectivity index (χ3v) is 13.4. The first-order valence-corrected chi connectivity index (χ1v) is 28.7. The fourth-order valence-electron chi connectivity index (χ4n) is 8.11. The summed E-state index contributed by atoms with van der Waals surface area (Å²) in [5, 5.41) is 13.7. The first-order valence-electron chi connectivity index (χ1n) is 27.2.